The molecule has 0 atom stereocenters. The maximum atomic E-state index is 13.7. The fourth-order valence-electron chi connectivity index (χ4n) is 3.73. The summed E-state index contributed by atoms with van der Waals surface area (Å²) in [5.41, 5.74) is 1.41. The number of aromatic nitrogens is 1. The largest absolute Gasteiger partial charge is 0.355 e. The van der Waals surface area contributed by atoms with Gasteiger partial charge < -0.3 is 15.5 Å². The number of anilines is 3. The number of hydrogen-bond acceptors (Lipinski definition) is 4. The summed E-state index contributed by atoms with van der Waals surface area (Å²) in [6, 6.07) is 12.4. The predicted molar refractivity (Wildman–Crippen MR) is 122 cm³/mol. The van der Waals surface area contributed by atoms with E-state index in [0.29, 0.717) is 11.8 Å². The minimum absolute atomic E-state index is 0.117. The first kappa shape index (κ1) is 22.6. The lowest BCUT2D eigenvalue weighted by molar-refractivity contribution is 0.262. The van der Waals surface area contributed by atoms with E-state index in [1.165, 1.54) is 18.3 Å². The minimum atomic E-state index is -0.853. The molecule has 4 rings (SSSR count). The average molecular weight is 455 g/mol. The average Bonchev–Trinajstić information content (AvgIpc) is 3.03. The van der Waals surface area contributed by atoms with Crippen molar-refractivity contribution in [1.82, 2.24) is 9.88 Å². The highest BCUT2D eigenvalue weighted by molar-refractivity contribution is 5.99. The Bertz CT molecular complexity index is 1090. The van der Waals surface area contributed by atoms with Crippen LogP contribution in [-0.4, -0.2) is 42.1 Å². The van der Waals surface area contributed by atoms with Gasteiger partial charge in [-0.15, -0.1) is 0 Å². The van der Waals surface area contributed by atoms with E-state index >= 15 is 0 Å². The summed E-state index contributed by atoms with van der Waals surface area (Å²) in [5.74, 6) is -1.00. The molecule has 0 aliphatic carbocycles. The van der Waals surface area contributed by atoms with Crippen molar-refractivity contribution in [3.05, 3.63) is 83.8 Å². The van der Waals surface area contributed by atoms with Crippen molar-refractivity contribution in [2.24, 2.45) is 0 Å². The van der Waals surface area contributed by atoms with Gasteiger partial charge in [0.05, 0.1) is 17.6 Å². The second kappa shape index (κ2) is 10.4. The topological polar surface area (TPSA) is 60.5 Å². The molecule has 2 amide bonds. The highest BCUT2D eigenvalue weighted by Gasteiger charge is 2.16. The molecule has 0 bridgehead atoms. The lowest BCUT2D eigenvalue weighted by Gasteiger charge is -2.23. The summed E-state index contributed by atoms with van der Waals surface area (Å²) in [5, 5.41) is 4.93. The van der Waals surface area contributed by atoms with Crippen LogP contribution in [0.1, 0.15) is 12.0 Å². The summed E-state index contributed by atoms with van der Waals surface area (Å²) in [7, 11) is 0. The first-order valence-corrected chi connectivity index (χ1v) is 10.7. The van der Waals surface area contributed by atoms with Gasteiger partial charge in [0.15, 0.2) is 0 Å². The number of benzene rings is 2. The van der Waals surface area contributed by atoms with Gasteiger partial charge in [0, 0.05) is 38.8 Å². The fourth-order valence-corrected chi connectivity index (χ4v) is 3.73. The van der Waals surface area contributed by atoms with E-state index in [9.17, 15) is 18.0 Å². The molecule has 0 spiro atoms. The van der Waals surface area contributed by atoms with Crippen LogP contribution < -0.4 is 15.5 Å². The molecule has 2 N–H and O–H groups in total. The third kappa shape index (κ3) is 6.23. The van der Waals surface area contributed by atoms with Crippen LogP contribution in [0.2, 0.25) is 0 Å². The summed E-state index contributed by atoms with van der Waals surface area (Å²) in [6.45, 7) is 4.21. The second-order valence-corrected chi connectivity index (χ2v) is 7.85. The van der Waals surface area contributed by atoms with E-state index in [1.807, 2.05) is 18.2 Å². The van der Waals surface area contributed by atoms with E-state index in [1.54, 1.807) is 6.07 Å². The Kier molecular flexibility index (Phi) is 7.09. The van der Waals surface area contributed by atoms with E-state index < -0.39 is 17.7 Å². The maximum Gasteiger partial charge on any atom is 0.323 e. The van der Waals surface area contributed by atoms with Crippen LogP contribution >= 0.6 is 0 Å². The number of amides is 2. The molecule has 33 heavy (non-hydrogen) atoms. The second-order valence-electron chi connectivity index (χ2n) is 7.85. The first-order valence-electron chi connectivity index (χ1n) is 10.7. The number of carbonyl (C=O) groups is 1. The third-order valence-corrected chi connectivity index (χ3v) is 5.42. The van der Waals surface area contributed by atoms with Gasteiger partial charge in [0.25, 0.3) is 0 Å². The molecule has 2 aromatic carbocycles. The van der Waals surface area contributed by atoms with Gasteiger partial charge in [-0.1, -0.05) is 12.1 Å². The predicted octanol–water partition coefficient (Wildman–Crippen LogP) is 4.86. The monoisotopic (exact) mass is 455 g/mol. The quantitative estimate of drug-likeness (QED) is 0.577. The number of urea groups is 1. The zero-order valence-electron chi connectivity index (χ0n) is 17.9. The van der Waals surface area contributed by atoms with E-state index in [2.05, 4.69) is 25.4 Å². The van der Waals surface area contributed by atoms with Gasteiger partial charge in [-0.25, -0.2) is 22.9 Å². The van der Waals surface area contributed by atoms with Gasteiger partial charge in [-0.3, -0.25) is 4.90 Å². The highest BCUT2D eigenvalue weighted by Crippen LogP contribution is 2.19. The smallest absolute Gasteiger partial charge is 0.323 e. The van der Waals surface area contributed by atoms with E-state index in [-0.39, 0.29) is 11.5 Å². The molecule has 1 aromatic heterocycles. The summed E-state index contributed by atoms with van der Waals surface area (Å²) >= 11 is 0. The number of nitrogens with one attached hydrogen (secondary N) is 2. The van der Waals surface area contributed by atoms with Crippen LogP contribution in [0.15, 0.2) is 60.8 Å². The SMILES string of the molecule is O=C(Nc1ccc(N2CCCN(Cc3ccc(F)cc3)CC2)nc1)Nc1ccc(F)cc1F. The Morgan fingerprint density at radius 1 is 0.879 bits per heavy atom. The van der Waals surface area contributed by atoms with Crippen molar-refractivity contribution >= 4 is 23.2 Å². The van der Waals surface area contributed by atoms with Crippen LogP contribution in [0.25, 0.3) is 0 Å². The van der Waals surface area contributed by atoms with Gasteiger partial charge in [-0.2, -0.15) is 0 Å². The minimum Gasteiger partial charge on any atom is -0.355 e. The number of halogens is 3. The molecule has 1 saturated heterocycles. The summed E-state index contributed by atoms with van der Waals surface area (Å²) < 4.78 is 39.8. The standard InChI is InChI=1S/C24H24F3N5O/c25-18-4-2-17(3-5-18)16-31-10-1-11-32(13-12-31)23-9-7-20(15-28-23)29-24(33)30-22-8-6-19(26)14-21(22)27/h2-9,14-15H,1,10-13,16H2,(H2,29,30,33). The van der Waals surface area contributed by atoms with Gasteiger partial charge >= 0.3 is 6.03 Å². The molecule has 172 valence electrons. The van der Waals surface area contributed by atoms with Crippen molar-refractivity contribution < 1.29 is 18.0 Å². The van der Waals surface area contributed by atoms with Crippen molar-refractivity contribution in [1.29, 1.82) is 0 Å². The molecular weight excluding hydrogens is 431 g/mol. The molecule has 9 heteroatoms. The number of nitrogens with zero attached hydrogens (tertiary/aromatic N) is 3. The summed E-state index contributed by atoms with van der Waals surface area (Å²) in [4.78, 5) is 21.1. The van der Waals surface area contributed by atoms with Crippen LogP contribution in [0.5, 0.6) is 0 Å². The summed E-state index contributed by atoms with van der Waals surface area (Å²) in [6.07, 6.45) is 2.51. The zero-order chi connectivity index (χ0) is 23.2. The third-order valence-electron chi connectivity index (χ3n) is 5.42. The van der Waals surface area contributed by atoms with E-state index in [4.69, 9.17) is 0 Å². The van der Waals surface area contributed by atoms with Crippen LogP contribution in [0, 0.1) is 17.5 Å². The Labute approximate surface area is 190 Å². The van der Waals surface area contributed by atoms with Crippen LogP contribution in [0.3, 0.4) is 0 Å². The van der Waals surface area contributed by atoms with Crippen molar-refractivity contribution in [3.8, 4) is 0 Å². The van der Waals surface area contributed by atoms with Crippen LogP contribution in [-0.2, 0) is 6.54 Å². The lowest BCUT2D eigenvalue weighted by atomic mass is 10.2. The molecule has 1 aliphatic rings. The zero-order valence-corrected chi connectivity index (χ0v) is 17.9. The fraction of sp³-hybridized carbons (Fsp3) is 0.250. The molecule has 3 aromatic rings. The molecule has 1 fully saturated rings. The first-order chi connectivity index (χ1) is 16.0. The Hall–Kier alpha value is -3.59. The number of hydrogen-bond donors (Lipinski definition) is 2. The van der Waals surface area contributed by atoms with E-state index in [0.717, 1.165) is 62.7 Å². The molecule has 0 radical (unpaired) electrons. The molecule has 6 nitrogen and oxygen atoms in total. The van der Waals surface area contributed by atoms with Crippen molar-refractivity contribution in [3.63, 3.8) is 0 Å². The number of carbonyl (C=O) groups excluding carboxylic acids is 1. The molecule has 2 heterocycles. The normalized spacial score (nSPS) is 14.6. The van der Waals surface area contributed by atoms with Crippen molar-refractivity contribution in [2.45, 2.75) is 13.0 Å². The number of rotatable bonds is 5. The van der Waals surface area contributed by atoms with Crippen LogP contribution in [0.4, 0.5) is 35.2 Å². The maximum absolute atomic E-state index is 13.7. The number of pyridine rings is 1. The highest BCUT2D eigenvalue weighted by atomic mass is 19.1. The van der Waals surface area contributed by atoms with Gasteiger partial charge in [0.1, 0.15) is 23.3 Å². The molecule has 0 unspecified atom stereocenters. The molecule has 0 saturated carbocycles. The van der Waals surface area contributed by atoms with Gasteiger partial charge in [0.2, 0.25) is 0 Å². The van der Waals surface area contributed by atoms with Crippen molar-refractivity contribution in [2.75, 3.05) is 41.7 Å². The Balaban J connectivity index is 1.30. The Morgan fingerprint density at radius 3 is 2.39 bits per heavy atom. The molecule has 1 aliphatic heterocycles. The Morgan fingerprint density at radius 2 is 1.67 bits per heavy atom. The van der Waals surface area contributed by atoms with Gasteiger partial charge in [-0.05, 0) is 48.4 Å². The molecular formula is C24H24F3N5O. The lowest BCUT2D eigenvalue weighted by Crippen LogP contribution is -2.31.